The molecule has 156 valence electrons. The molecule has 8 heteroatoms. The van der Waals surface area contributed by atoms with E-state index in [-0.39, 0.29) is 34.8 Å². The first kappa shape index (κ1) is 23.5. The quantitative estimate of drug-likeness (QED) is 0.359. The molecule has 0 N–H and O–H groups in total. The maximum atomic E-state index is 13.7. The summed E-state index contributed by atoms with van der Waals surface area (Å²) in [5.74, 6) is -0.273. The molecule has 0 amide bonds. The molecule has 0 aromatic heterocycles. The predicted octanol–water partition coefficient (Wildman–Crippen LogP) is 4.34. The summed E-state index contributed by atoms with van der Waals surface area (Å²) < 4.78 is 52.8. The van der Waals surface area contributed by atoms with Crippen LogP contribution in [0.15, 0.2) is 82.6 Å². The van der Waals surface area contributed by atoms with E-state index < -0.39 is 23.8 Å². The molecule has 0 atom stereocenters. The van der Waals surface area contributed by atoms with Crippen LogP contribution < -0.4 is 0 Å². The predicted molar refractivity (Wildman–Crippen MR) is 117 cm³/mol. The average Bonchev–Trinajstić information content (AvgIpc) is 2.71. The van der Waals surface area contributed by atoms with Crippen molar-refractivity contribution in [3.63, 3.8) is 0 Å². The number of carbonyl (C=O) groups is 1. The highest BCUT2D eigenvalue weighted by Gasteiger charge is 2.55. The minimum Gasteiger partial charge on any atom is -0.300 e. The van der Waals surface area contributed by atoms with Crippen LogP contribution in [0.2, 0.25) is 0 Å². The lowest BCUT2D eigenvalue weighted by molar-refractivity contribution is -0.117. The van der Waals surface area contributed by atoms with Crippen LogP contribution >= 0.6 is 15.9 Å². The number of sulfone groups is 2. The van der Waals surface area contributed by atoms with Crippen LogP contribution in [-0.2, 0) is 24.5 Å². The van der Waals surface area contributed by atoms with Crippen LogP contribution in [0.3, 0.4) is 0 Å². The summed E-state index contributed by atoms with van der Waals surface area (Å²) in [6.07, 6.45) is 2.43. The fourth-order valence-corrected chi connectivity index (χ4v) is 8.32. The number of benzene rings is 2. The Morgan fingerprint density at radius 2 is 1.31 bits per heavy atom. The number of ketones is 1. The molecule has 0 fully saturated rings. The Kier molecular flexibility index (Phi) is 7.96. The van der Waals surface area contributed by atoms with Crippen LogP contribution in [0.5, 0.6) is 0 Å². The van der Waals surface area contributed by atoms with Gasteiger partial charge in [-0.05, 0) is 44.0 Å². The highest BCUT2D eigenvalue weighted by molar-refractivity contribution is 9.09. The zero-order valence-corrected chi connectivity index (χ0v) is 19.2. The van der Waals surface area contributed by atoms with E-state index in [9.17, 15) is 21.6 Å². The molecule has 0 aliphatic rings. The molecule has 0 aliphatic carbocycles. The number of alkyl halides is 1. The van der Waals surface area contributed by atoms with Gasteiger partial charge in [0, 0.05) is 11.8 Å². The molecule has 29 heavy (non-hydrogen) atoms. The molecule has 0 aliphatic heterocycles. The molecule has 0 saturated carbocycles. The van der Waals surface area contributed by atoms with E-state index in [2.05, 4.69) is 15.9 Å². The number of hydrogen-bond donors (Lipinski definition) is 0. The van der Waals surface area contributed by atoms with E-state index in [4.69, 9.17) is 0 Å². The summed E-state index contributed by atoms with van der Waals surface area (Å²) in [4.78, 5) is 11.6. The monoisotopic (exact) mass is 498 g/mol. The smallest absolute Gasteiger partial charge is 0.199 e. The summed E-state index contributed by atoms with van der Waals surface area (Å²) in [7, 11) is -8.70. The molecular weight excluding hydrogens is 476 g/mol. The van der Waals surface area contributed by atoms with Gasteiger partial charge in [0.15, 0.2) is 23.8 Å². The summed E-state index contributed by atoms with van der Waals surface area (Å²) in [5.41, 5.74) is 0. The number of carbonyl (C=O) groups excluding carboxylic acids is 1. The molecule has 0 spiro atoms. The van der Waals surface area contributed by atoms with Gasteiger partial charge in [-0.2, -0.15) is 0 Å². The summed E-state index contributed by atoms with van der Waals surface area (Å²) in [6.45, 7) is 1.32. The Balaban J connectivity index is 2.83. The molecule has 0 saturated heterocycles. The minimum atomic E-state index is -4.35. The second kappa shape index (κ2) is 9.82. The molecule has 0 heterocycles. The van der Waals surface area contributed by atoms with Gasteiger partial charge in [-0.1, -0.05) is 64.5 Å². The number of halogens is 1. The van der Waals surface area contributed by atoms with Crippen molar-refractivity contribution in [1.82, 2.24) is 0 Å². The van der Waals surface area contributed by atoms with Gasteiger partial charge in [0.05, 0.1) is 9.79 Å². The Bertz CT molecular complexity index is 991. The molecule has 0 unspecified atom stereocenters. The Morgan fingerprint density at radius 1 is 0.862 bits per heavy atom. The first-order valence-electron chi connectivity index (χ1n) is 8.99. The van der Waals surface area contributed by atoms with E-state index >= 15 is 0 Å². The molecule has 2 rings (SSSR count). The maximum absolute atomic E-state index is 13.7. The molecule has 0 radical (unpaired) electrons. The highest BCUT2D eigenvalue weighted by atomic mass is 79.9. The minimum absolute atomic E-state index is 0.0877. The fourth-order valence-electron chi connectivity index (χ4n) is 3.06. The lowest BCUT2D eigenvalue weighted by Gasteiger charge is -2.32. The van der Waals surface area contributed by atoms with E-state index in [0.29, 0.717) is 5.33 Å². The molecule has 2 aromatic carbocycles. The second-order valence-electron chi connectivity index (χ2n) is 6.58. The van der Waals surface area contributed by atoms with Crippen molar-refractivity contribution in [2.45, 2.75) is 40.1 Å². The van der Waals surface area contributed by atoms with E-state index in [0.717, 1.165) is 0 Å². The van der Waals surface area contributed by atoms with E-state index in [1.165, 1.54) is 37.3 Å². The van der Waals surface area contributed by atoms with Crippen molar-refractivity contribution >= 4 is 41.4 Å². The van der Waals surface area contributed by atoms with Crippen molar-refractivity contribution in [2.24, 2.45) is 0 Å². The SMILES string of the molecule is CC(=O)CCC(C/C=C\CBr)(S(=O)(=O)c1ccccc1)S(=O)(=O)c1ccccc1. The van der Waals surface area contributed by atoms with Crippen molar-refractivity contribution in [1.29, 1.82) is 0 Å². The number of hydrogen-bond acceptors (Lipinski definition) is 5. The molecule has 0 bridgehead atoms. The van der Waals surface area contributed by atoms with Crippen molar-refractivity contribution < 1.29 is 21.6 Å². The average molecular weight is 499 g/mol. The number of allylic oxidation sites excluding steroid dienone is 2. The van der Waals surface area contributed by atoms with Gasteiger partial charge in [0.1, 0.15) is 5.78 Å². The maximum Gasteiger partial charge on any atom is 0.199 e. The van der Waals surface area contributed by atoms with E-state index in [1.807, 2.05) is 0 Å². The van der Waals surface area contributed by atoms with Gasteiger partial charge in [-0.25, -0.2) is 16.8 Å². The second-order valence-corrected chi connectivity index (χ2v) is 12.0. The number of Topliss-reactive ketones (excluding diaryl/α,β-unsaturated/α-hetero) is 1. The highest BCUT2D eigenvalue weighted by Crippen LogP contribution is 2.42. The number of rotatable bonds is 10. The van der Waals surface area contributed by atoms with E-state index in [1.54, 1.807) is 42.5 Å². The lowest BCUT2D eigenvalue weighted by Crippen LogP contribution is -2.46. The van der Waals surface area contributed by atoms with Crippen LogP contribution in [0, 0.1) is 0 Å². The van der Waals surface area contributed by atoms with Gasteiger partial charge in [-0.15, -0.1) is 0 Å². The van der Waals surface area contributed by atoms with Gasteiger partial charge >= 0.3 is 0 Å². The Hall–Kier alpha value is -1.77. The standard InChI is InChI=1S/C21H23BrO5S2/c1-18(23)14-16-21(15-8-9-17-22,28(24,25)19-10-4-2-5-11-19)29(26,27)20-12-6-3-7-13-20/h2-13H,14-17H2,1H3/b9-8-. The Labute approximate surface area is 180 Å². The largest absolute Gasteiger partial charge is 0.300 e. The first-order valence-corrected chi connectivity index (χ1v) is 13.1. The summed E-state index contributed by atoms with van der Waals surface area (Å²) in [5, 5.41) is 0.451. The normalized spacial score (nSPS) is 12.9. The third kappa shape index (κ3) is 4.87. The Morgan fingerprint density at radius 3 is 1.69 bits per heavy atom. The van der Waals surface area contributed by atoms with Gasteiger partial charge < -0.3 is 4.79 Å². The molecular formula is C21H23BrO5S2. The summed E-state index contributed by atoms with van der Waals surface area (Å²) in [6, 6.07) is 15.0. The van der Waals surface area contributed by atoms with Crippen molar-refractivity contribution in [3.05, 3.63) is 72.8 Å². The van der Waals surface area contributed by atoms with Gasteiger partial charge in [0.25, 0.3) is 0 Å². The van der Waals surface area contributed by atoms with Crippen LogP contribution in [-0.4, -0.2) is 32.0 Å². The van der Waals surface area contributed by atoms with Crippen LogP contribution in [0.25, 0.3) is 0 Å². The topological polar surface area (TPSA) is 85.3 Å². The van der Waals surface area contributed by atoms with Gasteiger partial charge in [-0.3, -0.25) is 0 Å². The molecule has 5 nitrogen and oxygen atoms in total. The van der Waals surface area contributed by atoms with Crippen molar-refractivity contribution in [2.75, 3.05) is 5.33 Å². The molecule has 2 aromatic rings. The van der Waals surface area contributed by atoms with Gasteiger partial charge in [0.2, 0.25) is 0 Å². The van der Waals surface area contributed by atoms with Crippen molar-refractivity contribution in [3.8, 4) is 0 Å². The van der Waals surface area contributed by atoms with Crippen LogP contribution in [0.1, 0.15) is 26.2 Å². The zero-order chi connectivity index (χ0) is 21.5. The fraction of sp³-hybridized carbons (Fsp3) is 0.286. The first-order chi connectivity index (χ1) is 13.7. The third-order valence-electron chi connectivity index (χ3n) is 4.63. The zero-order valence-electron chi connectivity index (χ0n) is 16.0. The van der Waals surface area contributed by atoms with Crippen LogP contribution in [0.4, 0.5) is 0 Å². The third-order valence-corrected chi connectivity index (χ3v) is 10.8. The lowest BCUT2D eigenvalue weighted by atomic mass is 10.1. The summed E-state index contributed by atoms with van der Waals surface area (Å²) >= 11 is 3.23.